The van der Waals surface area contributed by atoms with Crippen molar-refractivity contribution in [3.8, 4) is 0 Å². The van der Waals surface area contributed by atoms with Crippen molar-refractivity contribution < 1.29 is 89.4 Å². The van der Waals surface area contributed by atoms with Crippen LogP contribution in [-0.2, 0) is 33.2 Å². The van der Waals surface area contributed by atoms with Crippen LogP contribution in [0, 0.1) is 0 Å². The van der Waals surface area contributed by atoms with Crippen LogP contribution in [0.15, 0.2) is 85.1 Å². The first-order chi connectivity index (χ1) is 37.3. The van der Waals surface area contributed by atoms with Gasteiger partial charge in [-0.25, -0.2) is 0 Å². The first-order valence-electron chi connectivity index (χ1n) is 28.3. The number of rotatable bonds is 39. The quantitative estimate of drug-likeness (QED) is 0.0305. The van der Waals surface area contributed by atoms with Crippen LogP contribution in [0.2, 0.25) is 0 Å². The third kappa shape index (κ3) is 25.5. The molecular formula is C58H97NO18. The number of aliphatic hydroxyl groups excluding tert-OH is 11. The monoisotopic (exact) mass is 1100 g/mol. The molecule has 442 valence electrons. The van der Waals surface area contributed by atoms with Crippen molar-refractivity contribution in [1.82, 2.24) is 5.32 Å². The topological polar surface area (TPSA) is 307 Å². The van der Waals surface area contributed by atoms with Crippen molar-refractivity contribution >= 4 is 5.91 Å². The molecule has 0 saturated carbocycles. The van der Waals surface area contributed by atoms with Crippen LogP contribution in [0.1, 0.15) is 142 Å². The van der Waals surface area contributed by atoms with Crippen molar-refractivity contribution in [2.24, 2.45) is 0 Å². The van der Waals surface area contributed by atoms with E-state index in [0.717, 1.165) is 77.0 Å². The maximum atomic E-state index is 13.3. The van der Waals surface area contributed by atoms with Crippen LogP contribution < -0.4 is 5.32 Å². The summed E-state index contributed by atoms with van der Waals surface area (Å²) in [5.41, 5.74) is 0. The molecule has 3 fully saturated rings. The maximum absolute atomic E-state index is 13.3. The number of unbranched alkanes of at least 4 members (excludes halogenated alkanes) is 11. The van der Waals surface area contributed by atoms with Crippen LogP contribution in [0.4, 0.5) is 0 Å². The Morgan fingerprint density at radius 3 is 1.40 bits per heavy atom. The Labute approximate surface area is 457 Å². The Morgan fingerprint density at radius 1 is 0.481 bits per heavy atom. The smallest absolute Gasteiger partial charge is 0.220 e. The fourth-order valence-electron chi connectivity index (χ4n) is 9.01. The third-order valence-electron chi connectivity index (χ3n) is 13.7. The average molecular weight is 1100 g/mol. The Morgan fingerprint density at radius 2 is 0.896 bits per heavy atom. The number of nitrogens with one attached hydrogen (secondary N) is 1. The molecule has 3 rings (SSSR count). The number of hydrogen-bond donors (Lipinski definition) is 12. The number of amides is 1. The van der Waals surface area contributed by atoms with Gasteiger partial charge in [0.05, 0.1) is 38.6 Å². The molecule has 0 aromatic carbocycles. The second-order valence-electron chi connectivity index (χ2n) is 20.0. The first kappa shape index (κ1) is 68.2. The molecule has 3 heterocycles. The zero-order chi connectivity index (χ0) is 56.2. The molecule has 12 N–H and O–H groups in total. The predicted molar refractivity (Wildman–Crippen MR) is 291 cm³/mol. The van der Waals surface area contributed by atoms with E-state index in [4.69, 9.17) is 28.4 Å². The van der Waals surface area contributed by atoms with Gasteiger partial charge in [0.15, 0.2) is 18.9 Å². The molecule has 17 unspecified atom stereocenters. The van der Waals surface area contributed by atoms with E-state index in [2.05, 4.69) is 92.1 Å². The molecule has 3 aliphatic rings. The summed E-state index contributed by atoms with van der Waals surface area (Å²) in [6, 6.07) is -0.999. The Kier molecular flexibility index (Phi) is 36.4. The van der Waals surface area contributed by atoms with Crippen molar-refractivity contribution in [2.45, 2.75) is 247 Å². The SMILES string of the molecule is CC/C=C\C/C=C\C/C=C\C/C=C\C/C=C\C/C=C\CCCCC(=O)NC(COC1OC(CO)C(OC2OC(CO)C(OC3OC(CO)C(O)C(O)C3O)C(O)C2O)C(O)C1O)C(O)/C=C/CCCCCCCCCCC. The average Bonchev–Trinajstić information content (AvgIpc) is 3.44. The second kappa shape index (κ2) is 41.0. The van der Waals surface area contributed by atoms with Crippen LogP contribution in [0.5, 0.6) is 0 Å². The van der Waals surface area contributed by atoms with Gasteiger partial charge < -0.3 is 89.9 Å². The minimum absolute atomic E-state index is 0.183. The van der Waals surface area contributed by atoms with E-state index >= 15 is 0 Å². The summed E-state index contributed by atoms with van der Waals surface area (Å²) in [5, 5.41) is 120. The van der Waals surface area contributed by atoms with Crippen molar-refractivity contribution in [3.05, 3.63) is 85.1 Å². The van der Waals surface area contributed by atoms with Crippen LogP contribution in [0.25, 0.3) is 0 Å². The summed E-state index contributed by atoms with van der Waals surface area (Å²) in [5.74, 6) is -0.324. The summed E-state index contributed by atoms with van der Waals surface area (Å²) in [6.45, 7) is 1.51. The number of ether oxygens (including phenoxy) is 6. The van der Waals surface area contributed by atoms with Crippen LogP contribution >= 0.6 is 0 Å². The van der Waals surface area contributed by atoms with Gasteiger partial charge in [-0.1, -0.05) is 150 Å². The van der Waals surface area contributed by atoms with Gasteiger partial charge in [-0.05, 0) is 70.6 Å². The molecule has 0 spiro atoms. The molecule has 3 aliphatic heterocycles. The lowest BCUT2D eigenvalue weighted by Crippen LogP contribution is -2.66. The van der Waals surface area contributed by atoms with Gasteiger partial charge in [-0.3, -0.25) is 4.79 Å². The lowest BCUT2D eigenvalue weighted by molar-refractivity contribution is -0.379. The molecule has 19 nitrogen and oxygen atoms in total. The Bertz CT molecular complexity index is 1740. The minimum atomic E-state index is -1.98. The molecule has 0 radical (unpaired) electrons. The fourth-order valence-corrected chi connectivity index (χ4v) is 9.01. The molecule has 0 aromatic heterocycles. The molecule has 3 saturated heterocycles. The number of aliphatic hydroxyl groups is 11. The summed E-state index contributed by atoms with van der Waals surface area (Å²) in [7, 11) is 0. The molecule has 77 heavy (non-hydrogen) atoms. The summed E-state index contributed by atoms with van der Waals surface area (Å²) >= 11 is 0. The van der Waals surface area contributed by atoms with Crippen LogP contribution in [-0.4, -0.2) is 193 Å². The van der Waals surface area contributed by atoms with E-state index in [1.807, 2.05) is 6.08 Å². The zero-order valence-electron chi connectivity index (χ0n) is 45.6. The van der Waals surface area contributed by atoms with Crippen LogP contribution in [0.3, 0.4) is 0 Å². The number of carbonyl (C=O) groups excluding carboxylic acids is 1. The number of allylic oxidation sites excluding steroid dienone is 13. The molecular weight excluding hydrogens is 999 g/mol. The van der Waals surface area contributed by atoms with Gasteiger partial charge in [0.1, 0.15) is 73.2 Å². The highest BCUT2D eigenvalue weighted by Gasteiger charge is 2.53. The van der Waals surface area contributed by atoms with E-state index in [1.165, 1.54) is 38.5 Å². The second-order valence-corrected chi connectivity index (χ2v) is 20.0. The molecule has 17 atom stereocenters. The Hall–Kier alpha value is -3.03. The third-order valence-corrected chi connectivity index (χ3v) is 13.7. The zero-order valence-corrected chi connectivity index (χ0v) is 45.6. The largest absolute Gasteiger partial charge is 0.394 e. The Balaban J connectivity index is 1.52. The van der Waals surface area contributed by atoms with Gasteiger partial charge >= 0.3 is 0 Å². The number of hydrogen-bond acceptors (Lipinski definition) is 18. The van der Waals surface area contributed by atoms with Gasteiger partial charge in [0, 0.05) is 6.42 Å². The molecule has 19 heteroatoms. The van der Waals surface area contributed by atoms with Gasteiger partial charge in [0.2, 0.25) is 5.91 Å². The summed E-state index contributed by atoms with van der Waals surface area (Å²) in [6.07, 6.45) is 21.5. The fraction of sp³-hybridized carbons (Fsp3) is 0.741. The van der Waals surface area contributed by atoms with Gasteiger partial charge in [0.25, 0.3) is 0 Å². The standard InChI is InChI=1S/C58H97NO18/c1-3-5-7-9-11-13-15-16-17-18-19-20-21-22-23-24-26-28-30-32-34-36-46(64)59-41(42(63)35-33-31-29-27-25-14-12-10-8-6-4-2)40-72-56-52(70)49(67)54(44(38-61)74-56)77-58-53(71)50(68)55(45(39-62)75-58)76-57-51(69)48(66)47(65)43(37-60)73-57/h5,7,11,13,16-17,19-20,22-23,26,28,33,35,41-45,47-58,60-63,65-71H,3-4,6,8-10,12,14-15,18,21,24-25,27,29-32,34,36-40H2,1-2H3,(H,59,64)/b7-5-,13-11-,17-16-,20-19-,23-22-,28-26-,35-33+. The highest BCUT2D eigenvalue weighted by molar-refractivity contribution is 5.76. The van der Waals surface area contributed by atoms with E-state index < -0.39 is 124 Å². The van der Waals surface area contributed by atoms with Gasteiger partial charge in [-0.15, -0.1) is 0 Å². The van der Waals surface area contributed by atoms with Crippen molar-refractivity contribution in [2.75, 3.05) is 26.4 Å². The first-order valence-corrected chi connectivity index (χ1v) is 28.3. The lowest BCUT2D eigenvalue weighted by Gasteiger charge is -2.48. The normalized spacial score (nSPS) is 31.4. The highest BCUT2D eigenvalue weighted by Crippen LogP contribution is 2.33. The molecule has 0 bridgehead atoms. The molecule has 1 amide bonds. The molecule has 0 aliphatic carbocycles. The maximum Gasteiger partial charge on any atom is 0.220 e. The summed E-state index contributed by atoms with van der Waals surface area (Å²) in [4.78, 5) is 13.3. The molecule has 0 aromatic rings. The van der Waals surface area contributed by atoms with E-state index in [1.54, 1.807) is 6.08 Å². The van der Waals surface area contributed by atoms with Gasteiger partial charge in [-0.2, -0.15) is 0 Å². The van der Waals surface area contributed by atoms with Crippen molar-refractivity contribution in [3.63, 3.8) is 0 Å². The van der Waals surface area contributed by atoms with Crippen molar-refractivity contribution in [1.29, 1.82) is 0 Å². The lowest BCUT2D eigenvalue weighted by atomic mass is 9.96. The highest BCUT2D eigenvalue weighted by atomic mass is 16.8. The van der Waals surface area contributed by atoms with E-state index in [0.29, 0.717) is 6.42 Å². The predicted octanol–water partition coefficient (Wildman–Crippen LogP) is 4.03. The summed E-state index contributed by atoms with van der Waals surface area (Å²) < 4.78 is 34.1. The minimum Gasteiger partial charge on any atom is -0.394 e. The number of carbonyl (C=O) groups is 1. The van der Waals surface area contributed by atoms with E-state index in [9.17, 15) is 61.0 Å². The van der Waals surface area contributed by atoms with E-state index in [-0.39, 0.29) is 18.9 Å².